The van der Waals surface area contributed by atoms with Gasteiger partial charge in [-0.2, -0.15) is 0 Å². The molecule has 1 aromatic carbocycles. The summed E-state index contributed by atoms with van der Waals surface area (Å²) in [5.74, 6) is -2.51. The van der Waals surface area contributed by atoms with E-state index in [9.17, 15) is 19.8 Å². The number of rotatable bonds is 6. The second-order valence-electron chi connectivity index (χ2n) is 7.37. The van der Waals surface area contributed by atoms with Crippen molar-refractivity contribution in [3.8, 4) is 22.8 Å². The number of aromatic carboxylic acids is 2. The molecule has 0 fully saturated rings. The second-order valence-corrected chi connectivity index (χ2v) is 7.37. The number of nitrogens with zero attached hydrogens (tertiary/aromatic N) is 3. The predicted molar refractivity (Wildman–Crippen MR) is 122 cm³/mol. The first-order valence-electron chi connectivity index (χ1n) is 10.0. The molecule has 0 aliphatic rings. The minimum atomic E-state index is -1.38. The summed E-state index contributed by atoms with van der Waals surface area (Å²) < 4.78 is 0. The van der Waals surface area contributed by atoms with E-state index in [4.69, 9.17) is 0 Å². The van der Waals surface area contributed by atoms with E-state index >= 15 is 0 Å². The number of benzene rings is 1. The summed E-state index contributed by atoms with van der Waals surface area (Å²) in [7, 11) is 0. The predicted octanol–water partition coefficient (Wildman–Crippen LogP) is 3.75. The molecule has 0 amide bonds. The molecular formula is C26H18N3O4-. The summed E-state index contributed by atoms with van der Waals surface area (Å²) in [5, 5.41) is 20.8. The zero-order valence-corrected chi connectivity index (χ0v) is 17.6. The Morgan fingerprint density at radius 3 is 1.97 bits per heavy atom. The second kappa shape index (κ2) is 9.23. The number of aryl methyl sites for hydroxylation is 1. The lowest BCUT2D eigenvalue weighted by Gasteiger charge is -2.10. The van der Waals surface area contributed by atoms with Crippen molar-refractivity contribution in [1.29, 1.82) is 0 Å². The molecule has 0 spiro atoms. The fraction of sp³-hybridized carbons (Fsp3) is 0.0385. The Morgan fingerprint density at radius 2 is 1.33 bits per heavy atom. The average molecular weight is 436 g/mol. The summed E-state index contributed by atoms with van der Waals surface area (Å²) in [6.07, 6.45) is 6.84. The van der Waals surface area contributed by atoms with Gasteiger partial charge in [-0.15, -0.1) is 0 Å². The van der Waals surface area contributed by atoms with Crippen LogP contribution in [0.2, 0.25) is 0 Å². The van der Waals surface area contributed by atoms with Gasteiger partial charge in [-0.1, -0.05) is 42.0 Å². The summed E-state index contributed by atoms with van der Waals surface area (Å²) in [4.78, 5) is 35.9. The van der Waals surface area contributed by atoms with Gasteiger partial charge in [0, 0.05) is 18.0 Å². The highest BCUT2D eigenvalue weighted by atomic mass is 16.4. The maximum Gasteiger partial charge on any atom is 0.335 e. The first-order valence-corrected chi connectivity index (χ1v) is 10.0. The monoisotopic (exact) mass is 436 g/mol. The van der Waals surface area contributed by atoms with Crippen LogP contribution in [0.3, 0.4) is 0 Å². The summed E-state index contributed by atoms with van der Waals surface area (Å²) in [5.41, 5.74) is 4.18. The highest BCUT2D eigenvalue weighted by Crippen LogP contribution is 2.24. The summed E-state index contributed by atoms with van der Waals surface area (Å²) in [6, 6.07) is 17.1. The number of carbonyl (C=O) groups excluding carboxylic acids is 1. The van der Waals surface area contributed by atoms with E-state index in [0.29, 0.717) is 11.4 Å². The average Bonchev–Trinajstić information content (AvgIpc) is 2.83. The number of aromatic nitrogens is 3. The van der Waals surface area contributed by atoms with Crippen LogP contribution >= 0.6 is 0 Å². The van der Waals surface area contributed by atoms with E-state index in [1.165, 1.54) is 36.0 Å². The Bertz CT molecular complexity index is 1380. The van der Waals surface area contributed by atoms with Crippen molar-refractivity contribution in [1.82, 2.24) is 15.0 Å². The normalized spacial score (nSPS) is 10.9. The van der Waals surface area contributed by atoms with Gasteiger partial charge in [0.05, 0.1) is 34.3 Å². The third kappa shape index (κ3) is 5.16. The molecule has 3 aromatic heterocycles. The highest BCUT2D eigenvalue weighted by Gasteiger charge is 2.12. The third-order valence-corrected chi connectivity index (χ3v) is 4.92. The molecule has 7 heteroatoms. The molecule has 3 heterocycles. The Kier molecular flexibility index (Phi) is 6.04. The Morgan fingerprint density at radius 1 is 0.758 bits per heavy atom. The molecule has 4 aromatic rings. The lowest BCUT2D eigenvalue weighted by atomic mass is 10.1. The molecule has 4 rings (SSSR count). The number of carboxylic acids is 2. The number of hydrogen-bond acceptors (Lipinski definition) is 6. The molecule has 33 heavy (non-hydrogen) atoms. The van der Waals surface area contributed by atoms with Gasteiger partial charge in [0.25, 0.3) is 0 Å². The zero-order chi connectivity index (χ0) is 23.4. The molecular weight excluding hydrogens is 418 g/mol. The van der Waals surface area contributed by atoms with Gasteiger partial charge < -0.3 is 15.0 Å². The molecule has 0 saturated carbocycles. The van der Waals surface area contributed by atoms with Crippen molar-refractivity contribution in [3.05, 3.63) is 101 Å². The van der Waals surface area contributed by atoms with Crippen LogP contribution < -0.4 is 5.11 Å². The van der Waals surface area contributed by atoms with Gasteiger partial charge in [-0.25, -0.2) is 9.78 Å². The number of hydrogen-bond donors (Lipinski definition) is 1. The molecule has 0 aliphatic carbocycles. The first kappa shape index (κ1) is 21.6. The van der Waals surface area contributed by atoms with Gasteiger partial charge in [-0.3, -0.25) is 9.97 Å². The van der Waals surface area contributed by atoms with Gasteiger partial charge in [-0.05, 0) is 54.4 Å². The molecule has 0 unspecified atom stereocenters. The molecule has 0 atom stereocenters. The SMILES string of the molecule is Cc1ccc(/C=C/c2ccnc(-c3cc(C(=O)[O-])cc(-c4cc(C(=O)O)ccn4)n3)c2)cc1. The van der Waals surface area contributed by atoms with Gasteiger partial charge in [0.1, 0.15) is 0 Å². The third-order valence-electron chi connectivity index (χ3n) is 4.92. The molecule has 0 radical (unpaired) electrons. The first-order chi connectivity index (χ1) is 15.9. The Balaban J connectivity index is 1.73. The van der Waals surface area contributed by atoms with Crippen LogP contribution in [0.5, 0.6) is 0 Å². The quantitative estimate of drug-likeness (QED) is 0.489. The van der Waals surface area contributed by atoms with Crippen molar-refractivity contribution in [2.45, 2.75) is 6.92 Å². The smallest absolute Gasteiger partial charge is 0.335 e. The van der Waals surface area contributed by atoms with Crippen molar-refractivity contribution in [2.24, 2.45) is 0 Å². The zero-order valence-electron chi connectivity index (χ0n) is 17.6. The van der Waals surface area contributed by atoms with Crippen LogP contribution in [0.1, 0.15) is 37.4 Å². The van der Waals surface area contributed by atoms with E-state index in [2.05, 4.69) is 15.0 Å². The van der Waals surface area contributed by atoms with Crippen LogP contribution in [0.4, 0.5) is 0 Å². The van der Waals surface area contributed by atoms with Gasteiger partial charge in [0.2, 0.25) is 0 Å². The van der Waals surface area contributed by atoms with E-state index in [1.807, 2.05) is 49.4 Å². The van der Waals surface area contributed by atoms with E-state index < -0.39 is 11.9 Å². The van der Waals surface area contributed by atoms with Crippen LogP contribution in [-0.2, 0) is 0 Å². The van der Waals surface area contributed by atoms with Crippen molar-refractivity contribution in [3.63, 3.8) is 0 Å². The van der Waals surface area contributed by atoms with E-state index in [0.717, 1.165) is 11.1 Å². The minimum absolute atomic E-state index is 0.0172. The van der Waals surface area contributed by atoms with Crippen LogP contribution in [0.15, 0.2) is 73.1 Å². The highest BCUT2D eigenvalue weighted by molar-refractivity contribution is 5.90. The maximum atomic E-state index is 11.6. The Hall–Kier alpha value is -4.65. The molecule has 0 bridgehead atoms. The van der Waals surface area contributed by atoms with Gasteiger partial charge in [0.15, 0.2) is 0 Å². The number of carbonyl (C=O) groups is 2. The number of carboxylic acid groups (broad SMARTS) is 2. The largest absolute Gasteiger partial charge is 0.545 e. The topological polar surface area (TPSA) is 116 Å². The summed E-state index contributed by atoms with van der Waals surface area (Å²) in [6.45, 7) is 2.03. The standard InChI is InChI=1S/C26H19N3O4/c1-16-2-4-17(5-3-16)6-7-18-8-10-27-21(12-18)23-14-20(26(32)33)15-24(29-23)22-13-19(25(30)31)9-11-28-22/h2-15H,1H3,(H,30,31)(H,32,33)/p-1/b7-6+. The maximum absolute atomic E-state index is 11.6. The van der Waals surface area contributed by atoms with Crippen LogP contribution in [0, 0.1) is 6.92 Å². The fourth-order valence-electron chi connectivity index (χ4n) is 3.18. The Labute approximate surface area is 189 Å². The molecule has 7 nitrogen and oxygen atoms in total. The number of pyridine rings is 3. The van der Waals surface area contributed by atoms with Crippen LogP contribution in [0.25, 0.3) is 34.9 Å². The molecule has 0 saturated heterocycles. The molecule has 162 valence electrons. The van der Waals surface area contributed by atoms with Crippen molar-refractivity contribution in [2.75, 3.05) is 0 Å². The lowest BCUT2D eigenvalue weighted by molar-refractivity contribution is -0.255. The van der Waals surface area contributed by atoms with Crippen molar-refractivity contribution < 1.29 is 19.8 Å². The van der Waals surface area contributed by atoms with Crippen LogP contribution in [-0.4, -0.2) is 32.0 Å². The minimum Gasteiger partial charge on any atom is -0.545 e. The fourth-order valence-corrected chi connectivity index (χ4v) is 3.18. The summed E-state index contributed by atoms with van der Waals surface area (Å²) >= 11 is 0. The van der Waals surface area contributed by atoms with Crippen molar-refractivity contribution >= 4 is 24.1 Å². The van der Waals surface area contributed by atoms with E-state index in [1.54, 1.807) is 12.3 Å². The van der Waals surface area contributed by atoms with E-state index in [-0.39, 0.29) is 22.5 Å². The molecule has 0 aliphatic heterocycles. The molecule has 1 N–H and O–H groups in total. The van der Waals surface area contributed by atoms with Gasteiger partial charge >= 0.3 is 5.97 Å². The lowest BCUT2D eigenvalue weighted by Crippen LogP contribution is -2.22.